The number of anilines is 1. The zero-order valence-electron chi connectivity index (χ0n) is 9.90. The number of alkyl halides is 3. The van der Waals surface area contributed by atoms with E-state index in [0.717, 1.165) is 30.5 Å². The second-order valence-electron chi connectivity index (χ2n) is 3.84. The molecule has 0 spiro atoms. The first-order chi connectivity index (χ1) is 9.38. The van der Waals surface area contributed by atoms with Crippen LogP contribution in [0.1, 0.15) is 15.9 Å². The van der Waals surface area contributed by atoms with Gasteiger partial charge >= 0.3 is 11.8 Å². The van der Waals surface area contributed by atoms with Gasteiger partial charge in [0.1, 0.15) is 6.26 Å². The van der Waals surface area contributed by atoms with Gasteiger partial charge in [-0.05, 0) is 18.2 Å². The molecular weight excluding hydrogens is 275 g/mol. The maximum absolute atomic E-state index is 12.7. The Morgan fingerprint density at radius 3 is 2.40 bits per heavy atom. The molecule has 1 aromatic heterocycles. The van der Waals surface area contributed by atoms with Crippen LogP contribution in [0.15, 0.2) is 51.9 Å². The Bertz CT molecular complexity index is 671. The molecule has 1 heterocycles. The number of para-hydroxylation sites is 1. The first-order valence-corrected chi connectivity index (χ1v) is 5.44. The highest BCUT2D eigenvalue weighted by atomic mass is 19.4. The quantitative estimate of drug-likeness (QED) is 0.921. The predicted molar refractivity (Wildman–Crippen MR) is 64.4 cm³/mol. The third-order valence-corrected chi connectivity index (χ3v) is 2.44. The summed E-state index contributed by atoms with van der Waals surface area (Å²) in [6.07, 6.45) is -3.69. The van der Waals surface area contributed by atoms with Crippen molar-refractivity contribution in [3.05, 3.63) is 64.2 Å². The molecule has 0 fully saturated rings. The first kappa shape index (κ1) is 13.9. The van der Waals surface area contributed by atoms with Gasteiger partial charge in [-0.3, -0.25) is 4.79 Å². The van der Waals surface area contributed by atoms with Crippen molar-refractivity contribution in [3.8, 4) is 0 Å². The Kier molecular flexibility index (Phi) is 3.60. The van der Waals surface area contributed by atoms with Crippen LogP contribution >= 0.6 is 0 Å². The van der Waals surface area contributed by atoms with Crippen molar-refractivity contribution in [3.63, 3.8) is 0 Å². The van der Waals surface area contributed by atoms with Crippen molar-refractivity contribution < 1.29 is 22.4 Å². The third-order valence-electron chi connectivity index (χ3n) is 2.44. The summed E-state index contributed by atoms with van der Waals surface area (Å²) in [5, 5.41) is 2.13. The number of amides is 1. The molecule has 20 heavy (non-hydrogen) atoms. The number of halogens is 3. The zero-order chi connectivity index (χ0) is 14.8. The van der Waals surface area contributed by atoms with Gasteiger partial charge < -0.3 is 9.73 Å². The molecule has 0 aliphatic heterocycles. The summed E-state index contributed by atoms with van der Waals surface area (Å²) in [5.41, 5.74) is -2.03. The van der Waals surface area contributed by atoms with Gasteiger partial charge in [-0.1, -0.05) is 12.1 Å². The molecule has 1 amide bonds. The Morgan fingerprint density at radius 2 is 1.80 bits per heavy atom. The van der Waals surface area contributed by atoms with E-state index in [-0.39, 0.29) is 11.3 Å². The molecular formula is C13H8F3NO3. The van der Waals surface area contributed by atoms with Crippen LogP contribution < -0.4 is 10.9 Å². The molecule has 0 aliphatic carbocycles. The van der Waals surface area contributed by atoms with Crippen molar-refractivity contribution in [1.82, 2.24) is 0 Å². The molecule has 0 atom stereocenters. The molecule has 0 saturated carbocycles. The van der Waals surface area contributed by atoms with E-state index in [1.165, 1.54) is 12.1 Å². The molecule has 1 N–H and O–H groups in total. The Balaban J connectivity index is 2.29. The number of hydrogen-bond donors (Lipinski definition) is 1. The first-order valence-electron chi connectivity index (χ1n) is 5.44. The number of rotatable bonds is 2. The standard InChI is InChI=1S/C13H8F3NO3/c14-13(15,16)9-3-1-2-4-10(9)17-12(19)8-5-6-11(18)20-7-8/h1-7H,(H,17,19). The topological polar surface area (TPSA) is 59.3 Å². The fourth-order valence-corrected chi connectivity index (χ4v) is 1.52. The predicted octanol–water partition coefficient (Wildman–Crippen LogP) is 2.91. The fraction of sp³-hybridized carbons (Fsp3) is 0.0769. The highest BCUT2D eigenvalue weighted by molar-refractivity contribution is 6.04. The SMILES string of the molecule is O=C(Nc1ccccc1C(F)(F)F)c1ccc(=O)oc1. The van der Waals surface area contributed by atoms with Gasteiger partial charge in [0, 0.05) is 6.07 Å². The van der Waals surface area contributed by atoms with E-state index >= 15 is 0 Å². The minimum absolute atomic E-state index is 0.0541. The molecule has 0 bridgehead atoms. The number of benzene rings is 1. The molecule has 2 aromatic rings. The van der Waals surface area contributed by atoms with E-state index in [0.29, 0.717) is 0 Å². The van der Waals surface area contributed by atoms with E-state index < -0.39 is 23.3 Å². The maximum Gasteiger partial charge on any atom is 0.418 e. The van der Waals surface area contributed by atoms with E-state index in [4.69, 9.17) is 0 Å². The van der Waals surface area contributed by atoms with Crippen molar-refractivity contribution >= 4 is 11.6 Å². The summed E-state index contributed by atoms with van der Waals surface area (Å²) in [4.78, 5) is 22.5. The highest BCUT2D eigenvalue weighted by Crippen LogP contribution is 2.34. The lowest BCUT2D eigenvalue weighted by molar-refractivity contribution is -0.136. The van der Waals surface area contributed by atoms with Crippen LogP contribution in [0.25, 0.3) is 0 Å². The van der Waals surface area contributed by atoms with E-state index in [9.17, 15) is 22.8 Å². The van der Waals surface area contributed by atoms with Crippen LogP contribution in [0, 0.1) is 0 Å². The van der Waals surface area contributed by atoms with Gasteiger partial charge in [-0.15, -0.1) is 0 Å². The van der Waals surface area contributed by atoms with Crippen LogP contribution in [0.5, 0.6) is 0 Å². The molecule has 0 saturated heterocycles. The van der Waals surface area contributed by atoms with Crippen LogP contribution in [0.4, 0.5) is 18.9 Å². The zero-order valence-corrected chi connectivity index (χ0v) is 9.90. The van der Waals surface area contributed by atoms with Crippen LogP contribution in [0.2, 0.25) is 0 Å². The summed E-state index contributed by atoms with van der Waals surface area (Å²) < 4.78 is 42.7. The molecule has 1 aromatic carbocycles. The van der Waals surface area contributed by atoms with Gasteiger partial charge in [0.25, 0.3) is 5.91 Å². The molecule has 104 valence electrons. The molecule has 2 rings (SSSR count). The smallest absolute Gasteiger partial charge is 0.418 e. The summed E-state index contributed by atoms with van der Waals surface area (Å²) in [7, 11) is 0. The second kappa shape index (κ2) is 5.20. The number of carbonyl (C=O) groups is 1. The summed E-state index contributed by atoms with van der Waals surface area (Å²) >= 11 is 0. The van der Waals surface area contributed by atoms with Crippen molar-refractivity contribution in [2.75, 3.05) is 5.32 Å². The molecule has 4 nitrogen and oxygen atoms in total. The Hall–Kier alpha value is -2.57. The molecule has 0 radical (unpaired) electrons. The van der Waals surface area contributed by atoms with Gasteiger partial charge in [0.2, 0.25) is 0 Å². The lowest BCUT2D eigenvalue weighted by Crippen LogP contribution is -2.17. The van der Waals surface area contributed by atoms with Crippen molar-refractivity contribution in [1.29, 1.82) is 0 Å². The largest absolute Gasteiger partial charge is 0.430 e. The van der Waals surface area contributed by atoms with E-state index in [2.05, 4.69) is 9.73 Å². The minimum atomic E-state index is -4.58. The van der Waals surface area contributed by atoms with Crippen molar-refractivity contribution in [2.45, 2.75) is 6.18 Å². The number of nitrogens with one attached hydrogen (secondary N) is 1. The number of carbonyl (C=O) groups excluding carboxylic acids is 1. The van der Waals surface area contributed by atoms with Crippen LogP contribution in [-0.4, -0.2) is 5.91 Å². The lowest BCUT2D eigenvalue weighted by Gasteiger charge is -2.13. The second-order valence-corrected chi connectivity index (χ2v) is 3.84. The Morgan fingerprint density at radius 1 is 1.10 bits per heavy atom. The normalized spacial score (nSPS) is 11.2. The van der Waals surface area contributed by atoms with Crippen LogP contribution in [-0.2, 0) is 6.18 Å². The lowest BCUT2D eigenvalue weighted by atomic mass is 10.1. The average molecular weight is 283 g/mol. The fourth-order valence-electron chi connectivity index (χ4n) is 1.52. The average Bonchev–Trinajstić information content (AvgIpc) is 2.38. The van der Waals surface area contributed by atoms with Gasteiger partial charge in [0.05, 0.1) is 16.8 Å². The van der Waals surface area contributed by atoms with Gasteiger partial charge in [-0.2, -0.15) is 13.2 Å². The highest BCUT2D eigenvalue weighted by Gasteiger charge is 2.33. The molecule has 0 unspecified atom stereocenters. The minimum Gasteiger partial charge on any atom is -0.430 e. The summed E-state index contributed by atoms with van der Waals surface area (Å²) in [5.74, 6) is -0.801. The monoisotopic (exact) mass is 283 g/mol. The van der Waals surface area contributed by atoms with Crippen molar-refractivity contribution in [2.24, 2.45) is 0 Å². The Labute approximate surface area is 110 Å². The van der Waals surface area contributed by atoms with Crippen LogP contribution in [0.3, 0.4) is 0 Å². The van der Waals surface area contributed by atoms with Gasteiger partial charge in [-0.25, -0.2) is 4.79 Å². The number of hydrogen-bond acceptors (Lipinski definition) is 3. The molecule has 7 heteroatoms. The summed E-state index contributed by atoms with van der Waals surface area (Å²) in [6, 6.07) is 6.76. The maximum atomic E-state index is 12.7. The summed E-state index contributed by atoms with van der Waals surface area (Å²) in [6.45, 7) is 0. The molecule has 0 aliphatic rings. The van der Waals surface area contributed by atoms with Gasteiger partial charge in [0.15, 0.2) is 0 Å². The van der Waals surface area contributed by atoms with E-state index in [1.54, 1.807) is 0 Å². The van der Waals surface area contributed by atoms with E-state index in [1.807, 2.05) is 0 Å². The third kappa shape index (κ3) is 3.05.